The minimum atomic E-state index is 0.0712. The number of nitriles is 1. The summed E-state index contributed by atoms with van der Waals surface area (Å²) >= 11 is 3.62. The van der Waals surface area contributed by atoms with Gasteiger partial charge in [0.1, 0.15) is 0 Å². The lowest BCUT2D eigenvalue weighted by atomic mass is 10.2. The Morgan fingerprint density at radius 2 is 2.35 bits per heavy atom. The van der Waals surface area contributed by atoms with E-state index in [9.17, 15) is 0 Å². The molecule has 0 aliphatic carbocycles. The fourth-order valence-corrected chi connectivity index (χ4v) is 3.09. The Morgan fingerprint density at radius 1 is 1.59 bits per heavy atom. The molecule has 92 valence electrons. The number of rotatable bonds is 3. The van der Waals surface area contributed by atoms with Crippen LogP contribution < -0.4 is 0 Å². The Hall–Kier alpha value is -0.860. The summed E-state index contributed by atoms with van der Waals surface area (Å²) in [4.78, 5) is 2.24. The van der Waals surface area contributed by atoms with Crippen molar-refractivity contribution in [2.24, 2.45) is 7.05 Å². The highest BCUT2D eigenvalue weighted by Crippen LogP contribution is 2.26. The summed E-state index contributed by atoms with van der Waals surface area (Å²) in [5.74, 6) is 0. The smallest absolute Gasteiger partial charge is 0.0981 e. The summed E-state index contributed by atoms with van der Waals surface area (Å²) < 4.78 is 3.03. The molecule has 1 aliphatic rings. The van der Waals surface area contributed by atoms with E-state index in [0.717, 1.165) is 42.5 Å². The van der Waals surface area contributed by atoms with Crippen LogP contribution in [0.25, 0.3) is 0 Å². The SMILES string of the molecule is CCc1nn(C)c(CN2CCCC2C#N)c1Br. The van der Waals surface area contributed by atoms with Gasteiger partial charge in [0, 0.05) is 13.6 Å². The van der Waals surface area contributed by atoms with Gasteiger partial charge in [-0.15, -0.1) is 0 Å². The van der Waals surface area contributed by atoms with Gasteiger partial charge in [0.25, 0.3) is 0 Å². The predicted molar refractivity (Wildman–Crippen MR) is 69.3 cm³/mol. The second-order valence-corrected chi connectivity index (χ2v) is 5.24. The topological polar surface area (TPSA) is 44.9 Å². The van der Waals surface area contributed by atoms with Gasteiger partial charge in [0.15, 0.2) is 0 Å². The monoisotopic (exact) mass is 296 g/mol. The first-order chi connectivity index (χ1) is 8.17. The molecule has 1 aliphatic heterocycles. The highest BCUT2D eigenvalue weighted by atomic mass is 79.9. The van der Waals surface area contributed by atoms with Gasteiger partial charge in [0.2, 0.25) is 0 Å². The fourth-order valence-electron chi connectivity index (χ4n) is 2.35. The van der Waals surface area contributed by atoms with Crippen LogP contribution in [0.1, 0.15) is 31.2 Å². The predicted octanol–water partition coefficient (Wildman–Crippen LogP) is 2.23. The highest BCUT2D eigenvalue weighted by Gasteiger charge is 2.26. The normalized spacial score (nSPS) is 20.7. The maximum Gasteiger partial charge on any atom is 0.0981 e. The van der Waals surface area contributed by atoms with E-state index in [-0.39, 0.29) is 6.04 Å². The van der Waals surface area contributed by atoms with Crippen molar-refractivity contribution in [3.05, 3.63) is 15.9 Å². The zero-order chi connectivity index (χ0) is 12.4. The largest absolute Gasteiger partial charge is 0.282 e. The molecule has 0 saturated carbocycles. The van der Waals surface area contributed by atoms with Gasteiger partial charge in [-0.1, -0.05) is 6.92 Å². The van der Waals surface area contributed by atoms with Crippen LogP contribution >= 0.6 is 15.9 Å². The average Bonchev–Trinajstić information content (AvgIpc) is 2.88. The molecule has 2 rings (SSSR count). The number of likely N-dealkylation sites (tertiary alicyclic amines) is 1. The van der Waals surface area contributed by atoms with E-state index in [1.54, 1.807) is 0 Å². The zero-order valence-electron chi connectivity index (χ0n) is 10.3. The molecular formula is C12H17BrN4. The van der Waals surface area contributed by atoms with Gasteiger partial charge in [-0.25, -0.2) is 0 Å². The molecule has 5 heteroatoms. The third-order valence-corrected chi connectivity index (χ3v) is 4.28. The molecule has 1 atom stereocenters. The Morgan fingerprint density at radius 3 is 2.94 bits per heavy atom. The maximum absolute atomic E-state index is 9.08. The minimum absolute atomic E-state index is 0.0712. The van der Waals surface area contributed by atoms with Crippen LogP contribution in [-0.2, 0) is 20.0 Å². The summed E-state index contributed by atoms with van der Waals surface area (Å²) in [5.41, 5.74) is 2.26. The van der Waals surface area contributed by atoms with Crippen molar-refractivity contribution in [1.29, 1.82) is 5.26 Å². The van der Waals surface area contributed by atoms with E-state index in [0.29, 0.717) is 0 Å². The molecule has 0 aromatic carbocycles. The minimum Gasteiger partial charge on any atom is -0.282 e. The molecule has 1 unspecified atom stereocenters. The third-order valence-electron chi connectivity index (χ3n) is 3.37. The number of aromatic nitrogens is 2. The summed E-state index contributed by atoms with van der Waals surface area (Å²) in [5, 5.41) is 13.6. The molecule has 0 N–H and O–H groups in total. The van der Waals surface area contributed by atoms with Gasteiger partial charge < -0.3 is 0 Å². The van der Waals surface area contributed by atoms with Crippen LogP contribution in [0.15, 0.2) is 4.47 Å². The molecule has 17 heavy (non-hydrogen) atoms. The molecule has 2 heterocycles. The summed E-state index contributed by atoms with van der Waals surface area (Å²) in [7, 11) is 1.97. The van der Waals surface area contributed by atoms with Crippen molar-refractivity contribution < 1.29 is 0 Å². The molecule has 1 aromatic heterocycles. The van der Waals surface area contributed by atoms with E-state index in [2.05, 4.69) is 38.9 Å². The maximum atomic E-state index is 9.08. The van der Waals surface area contributed by atoms with E-state index in [1.165, 1.54) is 5.69 Å². The fraction of sp³-hybridized carbons (Fsp3) is 0.667. The van der Waals surface area contributed by atoms with E-state index >= 15 is 0 Å². The Balaban J connectivity index is 2.19. The first-order valence-electron chi connectivity index (χ1n) is 6.01. The molecule has 0 spiro atoms. The first-order valence-corrected chi connectivity index (χ1v) is 6.80. The van der Waals surface area contributed by atoms with E-state index in [1.807, 2.05) is 11.7 Å². The molecule has 1 aromatic rings. The Kier molecular flexibility index (Phi) is 3.85. The lowest BCUT2D eigenvalue weighted by Gasteiger charge is -2.19. The number of hydrogen-bond donors (Lipinski definition) is 0. The van der Waals surface area contributed by atoms with Crippen LogP contribution in [-0.4, -0.2) is 27.3 Å². The van der Waals surface area contributed by atoms with Gasteiger partial charge in [-0.3, -0.25) is 9.58 Å². The van der Waals surface area contributed by atoms with Crippen LogP contribution in [0.3, 0.4) is 0 Å². The van der Waals surface area contributed by atoms with E-state index in [4.69, 9.17) is 5.26 Å². The quantitative estimate of drug-likeness (QED) is 0.859. The van der Waals surface area contributed by atoms with Crippen molar-refractivity contribution in [1.82, 2.24) is 14.7 Å². The molecule has 4 nitrogen and oxygen atoms in total. The van der Waals surface area contributed by atoms with Gasteiger partial charge in [0.05, 0.1) is 28.0 Å². The average molecular weight is 297 g/mol. The summed E-state index contributed by atoms with van der Waals surface area (Å²) in [6.45, 7) is 3.92. The summed E-state index contributed by atoms with van der Waals surface area (Å²) in [6, 6.07) is 2.45. The van der Waals surface area contributed by atoms with Crippen LogP contribution in [0.5, 0.6) is 0 Å². The zero-order valence-corrected chi connectivity index (χ0v) is 11.9. The number of aryl methyl sites for hydroxylation is 2. The molecule has 1 saturated heterocycles. The number of halogens is 1. The second kappa shape index (κ2) is 5.19. The standard InChI is InChI=1S/C12H17BrN4/c1-3-10-12(13)11(16(2)15-10)8-17-6-4-5-9(17)7-14/h9H,3-6,8H2,1-2H3. The van der Waals surface area contributed by atoms with Gasteiger partial charge >= 0.3 is 0 Å². The van der Waals surface area contributed by atoms with Gasteiger partial charge in [-0.2, -0.15) is 10.4 Å². The Labute approximate surface area is 110 Å². The Bertz CT molecular complexity index is 446. The molecule has 0 amide bonds. The summed E-state index contributed by atoms with van der Waals surface area (Å²) in [6.07, 6.45) is 3.04. The van der Waals surface area contributed by atoms with Crippen LogP contribution in [0, 0.1) is 11.3 Å². The number of nitrogens with zero attached hydrogens (tertiary/aromatic N) is 4. The van der Waals surface area contributed by atoms with E-state index < -0.39 is 0 Å². The van der Waals surface area contributed by atoms with Crippen molar-refractivity contribution in [3.63, 3.8) is 0 Å². The van der Waals surface area contributed by atoms with Crippen LogP contribution in [0.2, 0.25) is 0 Å². The van der Waals surface area contributed by atoms with Crippen molar-refractivity contribution in [3.8, 4) is 6.07 Å². The van der Waals surface area contributed by atoms with Crippen molar-refractivity contribution in [2.75, 3.05) is 6.54 Å². The van der Waals surface area contributed by atoms with Gasteiger partial charge in [-0.05, 0) is 41.7 Å². The van der Waals surface area contributed by atoms with Crippen molar-refractivity contribution >= 4 is 15.9 Å². The second-order valence-electron chi connectivity index (χ2n) is 4.44. The molecule has 0 bridgehead atoms. The highest BCUT2D eigenvalue weighted by molar-refractivity contribution is 9.10. The third kappa shape index (κ3) is 2.38. The molecular weight excluding hydrogens is 280 g/mol. The lowest BCUT2D eigenvalue weighted by Crippen LogP contribution is -2.28. The van der Waals surface area contributed by atoms with Crippen LogP contribution in [0.4, 0.5) is 0 Å². The lowest BCUT2D eigenvalue weighted by molar-refractivity contribution is 0.278. The first kappa shape index (κ1) is 12.6. The molecule has 1 fully saturated rings. The van der Waals surface area contributed by atoms with Crippen molar-refractivity contribution in [2.45, 2.75) is 38.8 Å². The number of hydrogen-bond acceptors (Lipinski definition) is 3. The molecule has 0 radical (unpaired) electrons.